The first-order valence-electron chi connectivity index (χ1n) is 8.73. The van der Waals surface area contributed by atoms with E-state index >= 15 is 0 Å². The third-order valence-corrected chi connectivity index (χ3v) is 4.46. The van der Waals surface area contributed by atoms with Crippen molar-refractivity contribution in [3.63, 3.8) is 0 Å². The van der Waals surface area contributed by atoms with Crippen LogP contribution in [-0.2, 0) is 0 Å². The van der Waals surface area contributed by atoms with Gasteiger partial charge in [-0.1, -0.05) is 12.1 Å². The van der Waals surface area contributed by atoms with Crippen LogP contribution in [0.25, 0.3) is 0 Å². The summed E-state index contributed by atoms with van der Waals surface area (Å²) in [5.74, 6) is 0.153. The molecule has 1 fully saturated rings. The van der Waals surface area contributed by atoms with E-state index in [1.807, 2.05) is 18.2 Å². The van der Waals surface area contributed by atoms with Gasteiger partial charge in [0.05, 0.1) is 18.9 Å². The lowest BCUT2D eigenvalue weighted by Gasteiger charge is -2.29. The minimum absolute atomic E-state index is 0.0799. The van der Waals surface area contributed by atoms with Crippen molar-refractivity contribution in [2.45, 2.75) is 19.3 Å². The van der Waals surface area contributed by atoms with E-state index in [-0.39, 0.29) is 11.3 Å². The van der Waals surface area contributed by atoms with Gasteiger partial charge in [0.1, 0.15) is 11.5 Å². The van der Waals surface area contributed by atoms with Gasteiger partial charge in [-0.3, -0.25) is 4.79 Å². The normalized spacial score (nSPS) is 14.4. The molecule has 0 spiro atoms. The number of hydrogen-bond acceptors (Lipinski definition) is 5. The van der Waals surface area contributed by atoms with Crippen LogP contribution in [0.2, 0.25) is 0 Å². The number of carbonyl (C=O) groups excluding carboxylic acids is 1. The molecule has 1 saturated heterocycles. The number of ether oxygens (including phenoxy) is 1. The van der Waals surface area contributed by atoms with Crippen LogP contribution in [0.4, 0.5) is 5.69 Å². The van der Waals surface area contributed by atoms with Gasteiger partial charge >= 0.3 is 0 Å². The van der Waals surface area contributed by atoms with Crippen LogP contribution in [0.5, 0.6) is 11.5 Å². The predicted octanol–water partition coefficient (Wildman–Crippen LogP) is 3.16. The molecule has 1 amide bonds. The number of anilines is 1. The highest BCUT2D eigenvalue weighted by atomic mass is 16.5. The van der Waals surface area contributed by atoms with Crippen LogP contribution in [0.1, 0.15) is 35.2 Å². The zero-order valence-electron chi connectivity index (χ0n) is 14.8. The Kier molecular flexibility index (Phi) is 5.73. The first-order chi connectivity index (χ1) is 12.7. The van der Waals surface area contributed by atoms with Crippen LogP contribution in [0, 0.1) is 0 Å². The molecule has 136 valence electrons. The zero-order chi connectivity index (χ0) is 18.4. The molecular weight excluding hydrogens is 330 g/mol. The summed E-state index contributed by atoms with van der Waals surface area (Å²) in [6, 6.07) is 12.3. The van der Waals surface area contributed by atoms with Crippen molar-refractivity contribution in [3.8, 4) is 11.5 Å². The number of hydrogen-bond donors (Lipinski definition) is 2. The number of para-hydroxylation sites is 1. The van der Waals surface area contributed by atoms with Crippen LogP contribution in [0.15, 0.2) is 47.6 Å². The fraction of sp³-hybridized carbons (Fsp3) is 0.300. The summed E-state index contributed by atoms with van der Waals surface area (Å²) in [5.41, 5.74) is 4.51. The highest BCUT2D eigenvalue weighted by Crippen LogP contribution is 2.26. The Labute approximate surface area is 153 Å². The summed E-state index contributed by atoms with van der Waals surface area (Å²) < 4.78 is 5.47. The summed E-state index contributed by atoms with van der Waals surface area (Å²) in [6.07, 6.45) is 5.25. The molecule has 2 aromatic carbocycles. The smallest absolute Gasteiger partial charge is 0.275 e. The molecule has 0 radical (unpaired) electrons. The number of benzene rings is 2. The number of piperidine rings is 1. The lowest BCUT2D eigenvalue weighted by molar-refractivity contribution is 0.0952. The molecule has 0 atom stereocenters. The number of hydrazone groups is 1. The molecule has 3 rings (SSSR count). The van der Waals surface area contributed by atoms with E-state index in [2.05, 4.69) is 15.4 Å². The average Bonchev–Trinajstić information content (AvgIpc) is 2.69. The van der Waals surface area contributed by atoms with Crippen molar-refractivity contribution in [1.29, 1.82) is 0 Å². The molecule has 1 heterocycles. The number of phenolic OH excluding ortho intramolecular Hbond substituents is 1. The lowest BCUT2D eigenvalue weighted by atomic mass is 10.1. The van der Waals surface area contributed by atoms with E-state index in [0.717, 1.165) is 24.3 Å². The minimum Gasteiger partial charge on any atom is -0.507 e. The summed E-state index contributed by atoms with van der Waals surface area (Å²) in [6.45, 7) is 2.13. The SMILES string of the molecule is COc1cc(N2CCCCC2)ccc1/C=N\NC(=O)c1ccccc1O. The number of amides is 1. The predicted molar refractivity (Wildman–Crippen MR) is 102 cm³/mol. The number of phenols is 1. The Morgan fingerprint density at radius 1 is 1.19 bits per heavy atom. The maximum absolute atomic E-state index is 12.0. The monoisotopic (exact) mass is 353 g/mol. The van der Waals surface area contributed by atoms with Gasteiger partial charge in [-0.25, -0.2) is 5.43 Å². The molecule has 0 saturated carbocycles. The molecule has 1 aliphatic heterocycles. The number of aromatic hydroxyl groups is 1. The average molecular weight is 353 g/mol. The van der Waals surface area contributed by atoms with Crippen molar-refractivity contribution in [2.75, 3.05) is 25.1 Å². The highest BCUT2D eigenvalue weighted by Gasteiger charge is 2.13. The molecule has 2 N–H and O–H groups in total. The third-order valence-electron chi connectivity index (χ3n) is 4.46. The van der Waals surface area contributed by atoms with Gasteiger partial charge in [0.15, 0.2) is 0 Å². The van der Waals surface area contributed by atoms with Gasteiger partial charge in [-0.05, 0) is 43.5 Å². The van der Waals surface area contributed by atoms with Crippen molar-refractivity contribution >= 4 is 17.8 Å². The number of carbonyl (C=O) groups is 1. The van der Waals surface area contributed by atoms with E-state index in [1.165, 1.54) is 37.6 Å². The molecule has 0 bridgehead atoms. The Balaban J connectivity index is 1.69. The van der Waals surface area contributed by atoms with Crippen LogP contribution in [-0.4, -0.2) is 37.4 Å². The van der Waals surface area contributed by atoms with E-state index in [4.69, 9.17) is 4.74 Å². The largest absolute Gasteiger partial charge is 0.507 e. The van der Waals surface area contributed by atoms with E-state index in [1.54, 1.807) is 19.2 Å². The lowest BCUT2D eigenvalue weighted by Crippen LogP contribution is -2.29. The molecule has 0 aliphatic carbocycles. The van der Waals surface area contributed by atoms with E-state index < -0.39 is 5.91 Å². The van der Waals surface area contributed by atoms with Gasteiger partial charge < -0.3 is 14.7 Å². The first kappa shape index (κ1) is 17.8. The Hall–Kier alpha value is -3.02. The zero-order valence-corrected chi connectivity index (χ0v) is 14.8. The van der Waals surface area contributed by atoms with E-state index in [0.29, 0.717) is 5.75 Å². The fourth-order valence-electron chi connectivity index (χ4n) is 3.04. The minimum atomic E-state index is -0.469. The second kappa shape index (κ2) is 8.38. The third kappa shape index (κ3) is 4.14. The van der Waals surface area contributed by atoms with Crippen molar-refractivity contribution in [2.24, 2.45) is 5.10 Å². The van der Waals surface area contributed by atoms with Crippen molar-refractivity contribution in [3.05, 3.63) is 53.6 Å². The summed E-state index contributed by atoms with van der Waals surface area (Å²) in [4.78, 5) is 14.4. The fourth-order valence-corrected chi connectivity index (χ4v) is 3.04. The van der Waals surface area contributed by atoms with Gasteiger partial charge in [-0.2, -0.15) is 5.10 Å². The molecular formula is C20H23N3O3. The molecule has 6 nitrogen and oxygen atoms in total. The van der Waals surface area contributed by atoms with Gasteiger partial charge in [0, 0.05) is 30.4 Å². The Morgan fingerprint density at radius 3 is 2.69 bits per heavy atom. The number of nitrogens with one attached hydrogen (secondary N) is 1. The summed E-state index contributed by atoms with van der Waals surface area (Å²) in [7, 11) is 1.62. The quantitative estimate of drug-likeness (QED) is 0.640. The summed E-state index contributed by atoms with van der Waals surface area (Å²) >= 11 is 0. The summed E-state index contributed by atoms with van der Waals surface area (Å²) in [5, 5.41) is 13.7. The topological polar surface area (TPSA) is 74.2 Å². The molecule has 26 heavy (non-hydrogen) atoms. The van der Waals surface area contributed by atoms with Gasteiger partial charge in [0.25, 0.3) is 5.91 Å². The first-order valence-corrected chi connectivity index (χ1v) is 8.73. The van der Waals surface area contributed by atoms with Gasteiger partial charge in [0.2, 0.25) is 0 Å². The second-order valence-corrected chi connectivity index (χ2v) is 6.19. The number of methoxy groups -OCH3 is 1. The van der Waals surface area contributed by atoms with E-state index in [9.17, 15) is 9.90 Å². The van der Waals surface area contributed by atoms with Gasteiger partial charge in [-0.15, -0.1) is 0 Å². The van der Waals surface area contributed by atoms with Crippen LogP contribution in [0.3, 0.4) is 0 Å². The van der Waals surface area contributed by atoms with Crippen LogP contribution >= 0.6 is 0 Å². The maximum Gasteiger partial charge on any atom is 0.275 e. The molecule has 2 aromatic rings. The number of rotatable bonds is 5. The van der Waals surface area contributed by atoms with Crippen molar-refractivity contribution in [1.82, 2.24) is 5.43 Å². The Bertz CT molecular complexity index is 799. The molecule has 6 heteroatoms. The maximum atomic E-state index is 12.0. The molecule has 1 aliphatic rings. The number of nitrogens with zero attached hydrogens (tertiary/aromatic N) is 2. The molecule has 0 aromatic heterocycles. The highest BCUT2D eigenvalue weighted by molar-refractivity contribution is 5.97. The van der Waals surface area contributed by atoms with Crippen molar-refractivity contribution < 1.29 is 14.6 Å². The van der Waals surface area contributed by atoms with Crippen LogP contribution < -0.4 is 15.1 Å². The second-order valence-electron chi connectivity index (χ2n) is 6.19. The molecule has 0 unspecified atom stereocenters. The standard InChI is InChI=1S/C20H23N3O3/c1-26-19-13-16(23-11-5-2-6-12-23)10-9-15(19)14-21-22-20(25)17-7-3-4-8-18(17)24/h3-4,7-10,13-14,24H,2,5-6,11-12H2,1H3,(H,22,25)/b21-14-. The Morgan fingerprint density at radius 2 is 1.96 bits per heavy atom.